The van der Waals surface area contributed by atoms with Crippen molar-refractivity contribution in [2.75, 3.05) is 0 Å². The van der Waals surface area contributed by atoms with Crippen molar-refractivity contribution in [2.24, 2.45) is 0 Å². The molecule has 0 aliphatic heterocycles. The molecule has 0 aliphatic rings. The summed E-state index contributed by atoms with van der Waals surface area (Å²) in [4.78, 5) is 61.1. The smallest absolute Gasteiger partial charge is 0.828 e. The first-order valence-corrected chi connectivity index (χ1v) is 5.25. The van der Waals surface area contributed by atoms with Crippen molar-refractivity contribution in [2.45, 2.75) is 0 Å². The van der Waals surface area contributed by atoms with Gasteiger partial charge in [0.1, 0.15) is 9.05 Å². The van der Waals surface area contributed by atoms with E-state index in [0.29, 0.717) is 0 Å². The van der Waals surface area contributed by atoms with Crippen molar-refractivity contribution in [3.8, 4) is 0 Å². The molecule has 72 valence electrons. The molecule has 0 spiro atoms. The van der Waals surface area contributed by atoms with Crippen molar-refractivity contribution in [1.82, 2.24) is 0 Å². The van der Waals surface area contributed by atoms with Crippen LogP contribution in [0.25, 0.3) is 0 Å². The zero-order valence-electron chi connectivity index (χ0n) is 5.71. The normalized spacial score (nSPS) is 10.0. The van der Waals surface area contributed by atoms with E-state index in [-0.39, 0.29) is 43.2 Å². The molecule has 0 unspecified atom stereocenters. The summed E-state index contributed by atoms with van der Waals surface area (Å²) in [6.07, 6.45) is 0. The fourth-order valence-corrected chi connectivity index (χ4v) is 0. The second kappa shape index (κ2) is 8.91. The van der Waals surface area contributed by atoms with Crippen LogP contribution in [0.5, 0.6) is 0 Å². The van der Waals surface area contributed by atoms with Crippen molar-refractivity contribution < 1.29 is 43.8 Å². The molecule has 9 nitrogen and oxygen atoms in total. The molecule has 0 fully saturated rings. The quantitative estimate of drug-likeness (QED) is 0.227. The molecule has 0 bridgehead atoms. The fraction of sp³-hybridized carbons (Fsp3) is 0. The second-order valence-corrected chi connectivity index (χ2v) is 3.45. The van der Waals surface area contributed by atoms with Crippen LogP contribution in [0.2, 0.25) is 0 Å². The van der Waals surface area contributed by atoms with Gasteiger partial charge in [-0.2, -0.15) is 0 Å². The van der Waals surface area contributed by atoms with Crippen LogP contribution in [0.3, 0.4) is 0 Å². The Labute approximate surface area is 99.1 Å². The van der Waals surface area contributed by atoms with E-state index in [4.69, 9.17) is 38.4 Å². The van der Waals surface area contributed by atoms with Crippen molar-refractivity contribution >= 4 is 55.8 Å². The van der Waals surface area contributed by atoms with E-state index >= 15 is 0 Å². The molecule has 12 heavy (non-hydrogen) atoms. The molecular weight excluding hydrogens is 240 g/mol. The predicted octanol–water partition coefficient (Wildman–Crippen LogP) is -7.69. The van der Waals surface area contributed by atoms with Gasteiger partial charge in [-0.3, -0.25) is 0 Å². The van der Waals surface area contributed by atoms with Crippen molar-refractivity contribution in [3.63, 3.8) is 0 Å². The van der Waals surface area contributed by atoms with Crippen LogP contribution in [-0.4, -0.2) is 90.1 Å². The third-order valence-corrected chi connectivity index (χ3v) is 0. The minimum atomic E-state index is -5.11. The second-order valence-electron chi connectivity index (χ2n) is 1.15. The van der Waals surface area contributed by atoms with Gasteiger partial charge in [-0.05, 0) is 0 Å². The average molecular weight is 248 g/mol. The minimum Gasteiger partial charge on any atom is -0.828 e. The van der Waals surface area contributed by atoms with Crippen LogP contribution >= 0.6 is 0 Å². The molecule has 0 radical (unpaired) electrons. The van der Waals surface area contributed by atoms with E-state index in [2.05, 4.69) is 0 Å². The van der Waals surface area contributed by atoms with Gasteiger partial charge >= 0.3 is 46.8 Å². The Morgan fingerprint density at radius 2 is 0.750 bits per heavy atom. The van der Waals surface area contributed by atoms with Gasteiger partial charge in [0.15, 0.2) is 0 Å². The predicted molar refractivity (Wildman–Crippen MR) is 34.2 cm³/mol. The van der Waals surface area contributed by atoms with Gasteiger partial charge in [0.05, 0.1) is 0 Å². The van der Waals surface area contributed by atoms with Crippen molar-refractivity contribution in [3.05, 3.63) is 0 Å². The molecule has 0 heterocycles. The fourth-order valence-electron chi connectivity index (χ4n) is 0. The topological polar surface area (TPSA) is 199 Å². The van der Waals surface area contributed by atoms with E-state index in [9.17, 15) is 0 Å². The van der Waals surface area contributed by atoms with E-state index in [1.807, 2.05) is 0 Å². The Bertz CT molecular complexity index is 55.5. The summed E-state index contributed by atoms with van der Waals surface area (Å²) in [5.74, 6) is 0. The molecule has 8 N–H and O–H groups in total. The van der Waals surface area contributed by atoms with Crippen LogP contribution in [0.1, 0.15) is 0 Å². The Morgan fingerprint density at radius 3 is 0.750 bits per heavy atom. The van der Waals surface area contributed by atoms with Crippen LogP contribution in [0.4, 0.5) is 0 Å². The Balaban J connectivity index is -0.0000000457. The Morgan fingerprint density at radius 1 is 0.750 bits per heavy atom. The molecule has 0 amide bonds. The largest absolute Gasteiger partial charge is 2.00 e. The van der Waals surface area contributed by atoms with Crippen LogP contribution in [0.15, 0.2) is 0 Å². The molecule has 0 rings (SSSR count). The molecule has 0 atom stereocenters. The molecule has 0 aromatic rings. The summed E-state index contributed by atoms with van der Waals surface area (Å²) < 4.78 is 0. The third-order valence-electron chi connectivity index (χ3n) is 0. The third kappa shape index (κ3) is 681. The SMILES string of the molecule is O.O[Si](O)(O)O.[Ca+2].[O-][Si]([O-])(O)O. The van der Waals surface area contributed by atoms with Crippen LogP contribution in [0, 0.1) is 0 Å². The molecular formula is H8CaO9Si2. The van der Waals surface area contributed by atoms with E-state index < -0.39 is 18.1 Å². The summed E-state index contributed by atoms with van der Waals surface area (Å²) >= 11 is 0. The summed E-state index contributed by atoms with van der Waals surface area (Å²) in [5, 5.41) is 0. The first-order chi connectivity index (χ1) is 4.00. The van der Waals surface area contributed by atoms with E-state index in [0.717, 1.165) is 0 Å². The number of hydrogen-bond donors (Lipinski definition) is 6. The Kier molecular flexibility index (Phi) is 17.3. The monoisotopic (exact) mass is 248 g/mol. The molecule has 0 aromatic carbocycles. The van der Waals surface area contributed by atoms with Crippen LogP contribution in [-0.2, 0) is 0 Å². The first kappa shape index (κ1) is 23.3. The van der Waals surface area contributed by atoms with E-state index in [1.54, 1.807) is 0 Å². The zero-order chi connectivity index (χ0) is 9.00. The maximum atomic E-state index is 8.80. The molecule has 0 saturated carbocycles. The maximum absolute atomic E-state index is 8.80. The summed E-state index contributed by atoms with van der Waals surface area (Å²) in [7, 11) is -9.72. The number of rotatable bonds is 0. The molecule has 0 saturated heterocycles. The summed E-state index contributed by atoms with van der Waals surface area (Å²) in [5.41, 5.74) is 0. The van der Waals surface area contributed by atoms with Crippen molar-refractivity contribution in [1.29, 1.82) is 0 Å². The molecule has 12 heteroatoms. The number of hydrogen-bond acceptors (Lipinski definition) is 8. The summed E-state index contributed by atoms with van der Waals surface area (Å²) in [6, 6.07) is 0. The Hall–Kier alpha value is 1.33. The van der Waals surface area contributed by atoms with E-state index in [1.165, 1.54) is 0 Å². The zero-order valence-corrected chi connectivity index (χ0v) is 9.92. The summed E-state index contributed by atoms with van der Waals surface area (Å²) in [6.45, 7) is 0. The molecule has 0 aromatic heterocycles. The average Bonchev–Trinajstić information content (AvgIpc) is 1.12. The van der Waals surface area contributed by atoms with Gasteiger partial charge in [-0.1, -0.05) is 0 Å². The van der Waals surface area contributed by atoms with Gasteiger partial charge in [-0.15, -0.1) is 0 Å². The van der Waals surface area contributed by atoms with Gasteiger partial charge in [-0.25, -0.2) is 0 Å². The van der Waals surface area contributed by atoms with Gasteiger partial charge in [0.2, 0.25) is 0 Å². The van der Waals surface area contributed by atoms with Gasteiger partial charge in [0, 0.05) is 0 Å². The molecule has 0 aliphatic carbocycles. The van der Waals surface area contributed by atoms with Gasteiger partial charge < -0.3 is 43.8 Å². The minimum absolute atomic E-state index is 0. The van der Waals surface area contributed by atoms with Gasteiger partial charge in [0.25, 0.3) is 0 Å². The standard InChI is InChI=1S/Ca.H4O4Si.H2O4Si.H2O/c;2*1-5(2,3)4;/h;1-4H;1-2H;1H2/q+2;;-2;. The maximum Gasteiger partial charge on any atom is 2.00 e. The van der Waals surface area contributed by atoms with Crippen LogP contribution < -0.4 is 9.59 Å². The first-order valence-electron chi connectivity index (χ1n) is 1.75.